The molecule has 3 rings (SSSR count). The van der Waals surface area contributed by atoms with E-state index in [1.807, 2.05) is 0 Å². The third kappa shape index (κ3) is 2.47. The van der Waals surface area contributed by atoms with Gasteiger partial charge in [0.15, 0.2) is 0 Å². The molecule has 0 nitrogen and oxygen atoms in total. The summed E-state index contributed by atoms with van der Waals surface area (Å²) >= 11 is 11.0. The molecule has 0 radical (unpaired) electrons. The fourth-order valence-corrected chi connectivity index (χ4v) is 7.02. The van der Waals surface area contributed by atoms with E-state index >= 15 is 0 Å². The van der Waals surface area contributed by atoms with Gasteiger partial charge in [0, 0.05) is 29.8 Å². The molecule has 0 fully saturated rings. The normalized spacial score (nSPS) is 25.9. The number of halogens is 2. The molecule has 19 heavy (non-hydrogen) atoms. The van der Waals surface area contributed by atoms with Gasteiger partial charge in [-0.25, -0.2) is 0 Å². The zero-order valence-electron chi connectivity index (χ0n) is 9.85. The highest BCUT2D eigenvalue weighted by atomic mass is 79.9. The highest BCUT2D eigenvalue weighted by molar-refractivity contribution is 9.10. The maximum Gasteiger partial charge on any atom is 0.0493 e. The SMILES string of the molecule is PC1(c2sccc2Br)C=CC=CC1c1sccc1Br. The van der Waals surface area contributed by atoms with Gasteiger partial charge in [-0.05, 0) is 54.8 Å². The maximum atomic E-state index is 3.68. The maximum absolute atomic E-state index is 3.68. The quantitative estimate of drug-likeness (QED) is 0.486. The van der Waals surface area contributed by atoms with Crippen LogP contribution in [0.3, 0.4) is 0 Å². The summed E-state index contributed by atoms with van der Waals surface area (Å²) in [6.45, 7) is 0. The van der Waals surface area contributed by atoms with Crippen LogP contribution >= 0.6 is 63.8 Å². The van der Waals surface area contributed by atoms with Gasteiger partial charge in [-0.2, -0.15) is 0 Å². The van der Waals surface area contributed by atoms with Crippen molar-refractivity contribution in [3.63, 3.8) is 0 Å². The second-order valence-electron chi connectivity index (χ2n) is 4.39. The number of allylic oxidation sites excluding steroid dienone is 4. The highest BCUT2D eigenvalue weighted by Crippen LogP contribution is 2.54. The van der Waals surface area contributed by atoms with Crippen LogP contribution in [0, 0.1) is 0 Å². The van der Waals surface area contributed by atoms with E-state index in [-0.39, 0.29) is 5.16 Å². The summed E-state index contributed by atoms with van der Waals surface area (Å²) in [7, 11) is 3.06. The van der Waals surface area contributed by atoms with Gasteiger partial charge in [0.2, 0.25) is 0 Å². The van der Waals surface area contributed by atoms with E-state index < -0.39 is 0 Å². The molecule has 98 valence electrons. The Morgan fingerprint density at radius 2 is 1.79 bits per heavy atom. The van der Waals surface area contributed by atoms with E-state index in [9.17, 15) is 0 Å². The van der Waals surface area contributed by atoms with Crippen molar-refractivity contribution in [2.24, 2.45) is 0 Å². The molecule has 3 atom stereocenters. The van der Waals surface area contributed by atoms with Crippen LogP contribution in [0.15, 0.2) is 56.1 Å². The summed E-state index contributed by atoms with van der Waals surface area (Å²) in [6, 6.07) is 4.25. The van der Waals surface area contributed by atoms with Crippen LogP contribution in [0.2, 0.25) is 0 Å². The number of rotatable bonds is 2. The van der Waals surface area contributed by atoms with E-state index in [2.05, 4.69) is 88.3 Å². The number of thiophene rings is 2. The zero-order valence-corrected chi connectivity index (χ0v) is 15.8. The van der Waals surface area contributed by atoms with Gasteiger partial charge in [-0.3, -0.25) is 0 Å². The Kier molecular flexibility index (Phi) is 4.17. The molecule has 0 spiro atoms. The summed E-state index contributed by atoms with van der Waals surface area (Å²) in [5.74, 6) is 0.340. The lowest BCUT2D eigenvalue weighted by molar-refractivity contribution is 0.688. The van der Waals surface area contributed by atoms with Gasteiger partial charge in [0.25, 0.3) is 0 Å². The first-order valence-corrected chi connectivity index (χ1v) is 9.66. The molecule has 0 aliphatic heterocycles. The molecule has 0 aromatic carbocycles. The lowest BCUT2D eigenvalue weighted by atomic mass is 9.85. The minimum atomic E-state index is -0.0743. The first-order valence-electron chi connectivity index (χ1n) is 5.74. The predicted octanol–water partition coefficient (Wildman–Crippen LogP) is 6.31. The van der Waals surface area contributed by atoms with Crippen molar-refractivity contribution in [2.75, 3.05) is 0 Å². The average Bonchev–Trinajstić information content (AvgIpc) is 2.99. The summed E-state index contributed by atoms with van der Waals surface area (Å²) in [5, 5.41) is 4.20. The molecule has 0 amide bonds. The zero-order chi connectivity index (χ0) is 13.5. The summed E-state index contributed by atoms with van der Waals surface area (Å²) in [6.07, 6.45) is 8.85. The smallest absolute Gasteiger partial charge is 0.0493 e. The Hall–Kier alpha value is 0.270. The molecule has 0 saturated heterocycles. The van der Waals surface area contributed by atoms with Gasteiger partial charge in [-0.1, -0.05) is 24.3 Å². The van der Waals surface area contributed by atoms with Crippen molar-refractivity contribution in [1.82, 2.24) is 0 Å². The van der Waals surface area contributed by atoms with Crippen LogP contribution in [0.4, 0.5) is 0 Å². The Morgan fingerprint density at radius 3 is 2.42 bits per heavy atom. The van der Waals surface area contributed by atoms with Crippen LogP contribution in [-0.2, 0) is 5.16 Å². The first kappa shape index (κ1) is 14.2. The highest BCUT2D eigenvalue weighted by Gasteiger charge is 2.38. The Morgan fingerprint density at radius 1 is 1.05 bits per heavy atom. The van der Waals surface area contributed by atoms with Crippen molar-refractivity contribution in [3.8, 4) is 0 Å². The third-order valence-corrected chi connectivity index (χ3v) is 8.25. The van der Waals surface area contributed by atoms with Crippen molar-refractivity contribution in [1.29, 1.82) is 0 Å². The van der Waals surface area contributed by atoms with Crippen LogP contribution in [0.25, 0.3) is 0 Å². The second-order valence-corrected chi connectivity index (χ2v) is 8.91. The van der Waals surface area contributed by atoms with Crippen LogP contribution < -0.4 is 0 Å². The average molecular weight is 434 g/mol. The van der Waals surface area contributed by atoms with E-state index in [1.54, 1.807) is 22.7 Å². The van der Waals surface area contributed by atoms with E-state index in [0.29, 0.717) is 5.92 Å². The second kappa shape index (κ2) is 5.57. The van der Waals surface area contributed by atoms with Gasteiger partial charge in [0.1, 0.15) is 0 Å². The molecule has 2 heterocycles. The van der Waals surface area contributed by atoms with Gasteiger partial charge < -0.3 is 0 Å². The first-order chi connectivity index (χ1) is 9.13. The fourth-order valence-electron chi connectivity index (χ4n) is 2.30. The van der Waals surface area contributed by atoms with Crippen molar-refractivity contribution in [2.45, 2.75) is 11.1 Å². The van der Waals surface area contributed by atoms with Crippen LogP contribution in [0.1, 0.15) is 15.7 Å². The molecule has 1 aliphatic rings. The number of hydrogen-bond acceptors (Lipinski definition) is 2. The molecular weight excluding hydrogens is 423 g/mol. The largest absolute Gasteiger partial charge is 0.147 e. The molecule has 2 aromatic rings. The molecule has 0 bridgehead atoms. The minimum absolute atomic E-state index is 0.0743. The summed E-state index contributed by atoms with van der Waals surface area (Å²) in [5.41, 5.74) is 0. The Bertz CT molecular complexity index is 656. The lowest BCUT2D eigenvalue weighted by Gasteiger charge is -2.34. The van der Waals surface area contributed by atoms with Crippen LogP contribution in [-0.4, -0.2) is 0 Å². The van der Waals surface area contributed by atoms with E-state index in [0.717, 1.165) is 0 Å². The number of hydrogen-bond donors (Lipinski definition) is 0. The van der Waals surface area contributed by atoms with Crippen molar-refractivity contribution >= 4 is 63.8 Å². The molecular formula is C14H11Br2PS2. The molecule has 2 aromatic heterocycles. The summed E-state index contributed by atoms with van der Waals surface area (Å²) < 4.78 is 2.38. The predicted molar refractivity (Wildman–Crippen MR) is 96.4 cm³/mol. The lowest BCUT2D eigenvalue weighted by Crippen LogP contribution is -2.24. The van der Waals surface area contributed by atoms with Crippen molar-refractivity contribution < 1.29 is 0 Å². The third-order valence-electron chi connectivity index (χ3n) is 3.24. The Labute approximate surface area is 140 Å². The Balaban J connectivity index is 2.13. The molecule has 3 unspecified atom stereocenters. The van der Waals surface area contributed by atoms with Crippen molar-refractivity contribution in [3.05, 3.63) is 65.9 Å². The summed E-state index contributed by atoms with van der Waals surface area (Å²) in [4.78, 5) is 2.72. The molecule has 5 heteroatoms. The van der Waals surface area contributed by atoms with E-state index in [4.69, 9.17) is 0 Å². The minimum Gasteiger partial charge on any atom is -0.147 e. The standard InChI is InChI=1S/C14H11Br2PS2/c15-10-4-7-18-12(10)9-3-1-2-6-14(9,17)13-11(16)5-8-19-13/h1-9H,17H2. The molecule has 0 saturated carbocycles. The topological polar surface area (TPSA) is 0 Å². The fraction of sp³-hybridized carbons (Fsp3) is 0.143. The van der Waals surface area contributed by atoms with Crippen LogP contribution in [0.5, 0.6) is 0 Å². The van der Waals surface area contributed by atoms with Gasteiger partial charge in [-0.15, -0.1) is 31.9 Å². The molecule has 1 aliphatic carbocycles. The van der Waals surface area contributed by atoms with Gasteiger partial charge >= 0.3 is 0 Å². The molecule has 0 N–H and O–H groups in total. The van der Waals surface area contributed by atoms with Gasteiger partial charge in [0.05, 0.1) is 0 Å². The monoisotopic (exact) mass is 432 g/mol. The van der Waals surface area contributed by atoms with E-state index in [1.165, 1.54) is 18.7 Å².